The van der Waals surface area contributed by atoms with Crippen LogP contribution in [0.15, 0.2) is 71.5 Å². The van der Waals surface area contributed by atoms with Gasteiger partial charge in [0.05, 0.1) is 27.3 Å². The van der Waals surface area contributed by atoms with Gasteiger partial charge in [0.25, 0.3) is 12.0 Å². The fourth-order valence-corrected chi connectivity index (χ4v) is 3.85. The molecule has 2 amide bonds. The van der Waals surface area contributed by atoms with Crippen LogP contribution in [0.1, 0.15) is 12.0 Å². The van der Waals surface area contributed by atoms with Gasteiger partial charge >= 0.3 is 6.03 Å². The van der Waals surface area contributed by atoms with Crippen LogP contribution >= 0.6 is 11.6 Å². The maximum Gasteiger partial charge on any atom is 0.323 e. The molecule has 2 heterocycles. The van der Waals surface area contributed by atoms with Crippen molar-refractivity contribution >= 4 is 40.0 Å². The molecule has 2 aliphatic rings. The third-order valence-corrected chi connectivity index (χ3v) is 5.58. The number of hydrogen-bond donors (Lipinski definition) is 4. The third-order valence-electron chi connectivity index (χ3n) is 5.25. The molecule has 2 aromatic carbocycles. The molecule has 5 rings (SSSR count). The molecule has 0 bridgehead atoms. The van der Waals surface area contributed by atoms with Gasteiger partial charge in [-0.15, -0.1) is 0 Å². The van der Waals surface area contributed by atoms with Crippen LogP contribution in [0.5, 0.6) is 0 Å². The molecule has 0 unspecified atom stereocenters. The number of benzene rings is 2. The number of hydrogen-bond acceptors (Lipinski definition) is 3. The Bertz CT molecular complexity index is 1560. The Morgan fingerprint density at radius 2 is 1.79 bits per heavy atom. The van der Waals surface area contributed by atoms with Crippen LogP contribution in [0.4, 0.5) is 25.0 Å². The number of halogens is 3. The van der Waals surface area contributed by atoms with E-state index in [0.717, 1.165) is 11.6 Å². The maximum atomic E-state index is 12.9. The number of H-pyrrole nitrogens is 2. The van der Waals surface area contributed by atoms with Gasteiger partial charge in [0, 0.05) is 22.5 Å². The Hall–Kier alpha value is -4.24. The van der Waals surface area contributed by atoms with E-state index in [0.29, 0.717) is 33.8 Å². The number of amides is 2. The van der Waals surface area contributed by atoms with Crippen molar-refractivity contribution in [2.45, 2.75) is 6.43 Å². The van der Waals surface area contributed by atoms with Crippen LogP contribution in [0, 0.1) is 0 Å². The molecular weight excluding hydrogens is 464 g/mol. The van der Waals surface area contributed by atoms with E-state index in [4.69, 9.17) is 11.6 Å². The Balaban J connectivity index is 1.40. The second-order valence-electron chi connectivity index (χ2n) is 7.50. The molecule has 1 aliphatic heterocycles. The lowest BCUT2D eigenvalue weighted by molar-refractivity contribution is 0.151. The lowest BCUT2D eigenvalue weighted by Crippen LogP contribution is -2.19. The van der Waals surface area contributed by atoms with E-state index in [1.54, 1.807) is 18.2 Å². The number of imidazole rings is 1. The highest BCUT2D eigenvalue weighted by Crippen LogP contribution is 2.30. The smallest absolute Gasteiger partial charge is 0.323 e. The first-order valence-corrected chi connectivity index (χ1v) is 10.5. The van der Waals surface area contributed by atoms with Gasteiger partial charge in [0.1, 0.15) is 5.82 Å². The van der Waals surface area contributed by atoms with Gasteiger partial charge in [-0.25, -0.2) is 18.6 Å². The highest BCUT2D eigenvalue weighted by molar-refractivity contribution is 6.33. The zero-order valence-corrected chi connectivity index (χ0v) is 18.1. The highest BCUT2D eigenvalue weighted by atomic mass is 35.5. The number of rotatable bonds is 4. The lowest BCUT2D eigenvalue weighted by Gasteiger charge is -2.10. The minimum atomic E-state index is -2.69. The van der Waals surface area contributed by atoms with Gasteiger partial charge in [-0.2, -0.15) is 0 Å². The molecule has 1 aromatic heterocycles. The summed E-state index contributed by atoms with van der Waals surface area (Å²) in [6, 6.07) is 17.1. The zero-order chi connectivity index (χ0) is 23.8. The summed E-state index contributed by atoms with van der Waals surface area (Å²) in [7, 11) is 0. The van der Waals surface area contributed by atoms with Gasteiger partial charge in [-0.3, -0.25) is 4.79 Å². The number of anilines is 2. The van der Waals surface area contributed by atoms with E-state index in [9.17, 15) is 18.4 Å². The number of alkyl halides is 2. The molecule has 0 radical (unpaired) electrons. The van der Waals surface area contributed by atoms with Crippen molar-refractivity contribution in [2.75, 3.05) is 10.6 Å². The average molecular weight is 480 g/mol. The Morgan fingerprint density at radius 3 is 2.62 bits per heavy atom. The number of urea groups is 1. The molecular formula is C24H16ClF2N5O2. The first-order valence-electron chi connectivity index (χ1n) is 10.2. The molecule has 4 N–H and O–H groups in total. The number of nitrogens with one attached hydrogen (secondary N) is 4. The zero-order valence-electron chi connectivity index (χ0n) is 17.3. The van der Waals surface area contributed by atoms with Crippen LogP contribution in [0.2, 0.25) is 5.02 Å². The summed E-state index contributed by atoms with van der Waals surface area (Å²) in [6.07, 6.45) is -2.69. The molecule has 0 saturated heterocycles. The number of carbonyl (C=O) groups excluding carboxylic acids is 1. The number of nitrogens with zero attached hydrogens (tertiary/aromatic N) is 1. The fraction of sp³-hybridized carbons (Fsp3) is 0.0417. The molecule has 3 aromatic rings. The largest absolute Gasteiger partial charge is 0.338 e. The molecule has 0 spiro atoms. The third kappa shape index (κ3) is 4.08. The summed E-state index contributed by atoms with van der Waals surface area (Å²) in [6.45, 7) is 0. The number of aromatic amines is 2. The molecule has 10 heteroatoms. The van der Waals surface area contributed by atoms with Crippen molar-refractivity contribution in [1.82, 2.24) is 15.0 Å². The quantitative estimate of drug-likeness (QED) is 0.244. The lowest BCUT2D eigenvalue weighted by atomic mass is 10.1. The minimum Gasteiger partial charge on any atom is -0.338 e. The first kappa shape index (κ1) is 21.6. The van der Waals surface area contributed by atoms with E-state index in [-0.39, 0.29) is 21.8 Å². The van der Waals surface area contributed by atoms with Gasteiger partial charge in [0.2, 0.25) is 0 Å². The minimum absolute atomic E-state index is 0.0670. The van der Waals surface area contributed by atoms with Crippen molar-refractivity contribution < 1.29 is 13.6 Å². The van der Waals surface area contributed by atoms with Gasteiger partial charge < -0.3 is 20.6 Å². The summed E-state index contributed by atoms with van der Waals surface area (Å²) in [5.74, 6) is 0.398. The van der Waals surface area contributed by atoms with Crippen LogP contribution < -0.4 is 16.2 Å². The molecule has 0 saturated carbocycles. The van der Waals surface area contributed by atoms with E-state index in [1.807, 2.05) is 30.3 Å². The second kappa shape index (κ2) is 8.60. The van der Waals surface area contributed by atoms with Crippen LogP contribution in [-0.4, -0.2) is 21.0 Å². The molecule has 1 aliphatic carbocycles. The normalized spacial score (nSPS) is 11.3. The van der Waals surface area contributed by atoms with E-state index < -0.39 is 12.5 Å². The Morgan fingerprint density at radius 1 is 0.971 bits per heavy atom. The summed E-state index contributed by atoms with van der Waals surface area (Å²) in [5.41, 5.74) is 3.02. The predicted octanol–water partition coefficient (Wildman–Crippen LogP) is 6.26. The molecule has 34 heavy (non-hydrogen) atoms. The van der Waals surface area contributed by atoms with Crippen LogP contribution in [0.3, 0.4) is 0 Å². The van der Waals surface area contributed by atoms with Crippen molar-refractivity contribution in [3.63, 3.8) is 0 Å². The van der Waals surface area contributed by atoms with Crippen molar-refractivity contribution in [2.24, 2.45) is 0 Å². The van der Waals surface area contributed by atoms with Crippen LogP contribution in [-0.2, 0) is 0 Å². The second-order valence-corrected chi connectivity index (χ2v) is 7.91. The molecule has 0 atom stereocenters. The van der Waals surface area contributed by atoms with Gasteiger partial charge in [-0.05, 0) is 36.4 Å². The van der Waals surface area contributed by atoms with Gasteiger partial charge in [0.15, 0.2) is 0 Å². The highest BCUT2D eigenvalue weighted by Gasteiger charge is 2.19. The average Bonchev–Trinajstić information content (AvgIpc) is 3.26. The Labute approximate surface area is 196 Å². The van der Waals surface area contributed by atoms with E-state index >= 15 is 0 Å². The van der Waals surface area contributed by atoms with E-state index in [1.165, 1.54) is 12.1 Å². The van der Waals surface area contributed by atoms with Crippen molar-refractivity contribution in [3.05, 3.63) is 87.7 Å². The maximum absolute atomic E-state index is 12.9. The monoisotopic (exact) mass is 479 g/mol. The SMILES string of the molecule is O=C(Nc1ccc2nc(-c3c4cccccc-4[nH]c3=O)[nH]c2c1)Nc1cc(C(F)F)ccc1Cl. The number of fused-ring (bicyclic) bond motifs is 2. The predicted molar refractivity (Wildman–Crippen MR) is 128 cm³/mol. The number of carbonyl (C=O) groups is 1. The Kier molecular flexibility index (Phi) is 5.46. The summed E-state index contributed by atoms with van der Waals surface area (Å²) >= 11 is 6.01. The summed E-state index contributed by atoms with van der Waals surface area (Å²) in [4.78, 5) is 35.5. The van der Waals surface area contributed by atoms with Crippen molar-refractivity contribution in [1.29, 1.82) is 0 Å². The van der Waals surface area contributed by atoms with E-state index in [2.05, 4.69) is 25.6 Å². The first-order chi connectivity index (χ1) is 16.4. The molecule has 0 fully saturated rings. The molecule has 7 nitrogen and oxygen atoms in total. The summed E-state index contributed by atoms with van der Waals surface area (Å²) in [5, 5.41) is 5.24. The van der Waals surface area contributed by atoms with Crippen molar-refractivity contribution in [3.8, 4) is 22.6 Å². The fourth-order valence-electron chi connectivity index (χ4n) is 3.68. The summed E-state index contributed by atoms with van der Waals surface area (Å²) < 4.78 is 25.9. The number of aromatic nitrogens is 3. The molecule has 170 valence electrons. The van der Waals surface area contributed by atoms with Crippen LogP contribution in [0.25, 0.3) is 33.7 Å². The van der Waals surface area contributed by atoms with Gasteiger partial charge in [-0.1, -0.05) is 41.9 Å². The topological polar surface area (TPSA) is 103 Å². The standard InChI is InChI=1S/C24H16ClF2N5O2/c25-15-8-6-12(21(26)27)10-18(15)32-24(34)28-13-7-9-17-19(11-13)30-22(29-17)20-14-4-2-1-3-5-16(14)31-23(20)33/h1-11,21H,(H,29,30)(H,31,33)(H2,28,32,34).